The maximum Gasteiger partial charge on any atom is 0.137 e. The molecule has 0 radical (unpaired) electrons. The summed E-state index contributed by atoms with van der Waals surface area (Å²) in [6, 6.07) is 13.3. The number of aromatic nitrogens is 1. The SMILES string of the molecule is C=C/C(C#N)=C(\C=C/C)c1cc2cc(OCc3ccc(OC)cn3)ccc2o1. The number of fused-ring (bicyclic) bond motifs is 1. The Hall–Kier alpha value is -3.78. The van der Waals surface area contributed by atoms with Crippen LogP contribution in [0.5, 0.6) is 11.5 Å². The minimum Gasteiger partial charge on any atom is -0.495 e. The first-order valence-electron chi connectivity index (χ1n) is 8.73. The number of pyridine rings is 1. The summed E-state index contributed by atoms with van der Waals surface area (Å²) in [6.45, 7) is 5.94. The fourth-order valence-corrected chi connectivity index (χ4v) is 2.71. The lowest BCUT2D eigenvalue weighted by Gasteiger charge is -2.06. The maximum absolute atomic E-state index is 9.33. The van der Waals surface area contributed by atoms with Crippen molar-refractivity contribution in [1.82, 2.24) is 4.98 Å². The Balaban J connectivity index is 1.85. The van der Waals surface area contributed by atoms with Gasteiger partial charge in [0.15, 0.2) is 0 Å². The van der Waals surface area contributed by atoms with E-state index in [1.54, 1.807) is 13.3 Å². The van der Waals surface area contributed by atoms with E-state index in [9.17, 15) is 5.26 Å². The second-order valence-corrected chi connectivity index (χ2v) is 5.93. The molecule has 0 bridgehead atoms. The lowest BCUT2D eigenvalue weighted by Crippen LogP contribution is -1.98. The molecule has 0 saturated heterocycles. The summed E-state index contributed by atoms with van der Waals surface area (Å²) in [4.78, 5) is 4.29. The molecule has 0 aliphatic rings. The molecule has 0 aliphatic carbocycles. The molecule has 0 fully saturated rings. The molecule has 2 aromatic heterocycles. The predicted molar refractivity (Wildman–Crippen MR) is 109 cm³/mol. The molecule has 3 aromatic rings. The number of benzene rings is 1. The van der Waals surface area contributed by atoms with E-state index in [1.165, 1.54) is 6.08 Å². The number of rotatable bonds is 7. The van der Waals surface area contributed by atoms with Gasteiger partial charge in [-0.05, 0) is 43.3 Å². The van der Waals surface area contributed by atoms with Crippen LogP contribution >= 0.6 is 0 Å². The Labute approximate surface area is 163 Å². The standard InChI is InChI=1S/C23H20N2O3/c1-4-6-21(16(5-2)13-24)23-12-17-11-19(9-10-22(17)28-23)27-15-18-7-8-20(26-3)14-25-18/h4-12,14H,2,15H2,1,3H3/b6-4-,21-16-. The second-order valence-electron chi connectivity index (χ2n) is 5.93. The van der Waals surface area contributed by atoms with E-state index in [1.807, 2.05) is 55.5 Å². The van der Waals surface area contributed by atoms with Crippen molar-refractivity contribution in [2.45, 2.75) is 13.5 Å². The molecule has 140 valence electrons. The molecule has 5 heteroatoms. The van der Waals surface area contributed by atoms with Crippen LogP contribution in [-0.4, -0.2) is 12.1 Å². The molecule has 0 spiro atoms. The van der Waals surface area contributed by atoms with Gasteiger partial charge in [0.2, 0.25) is 0 Å². The molecular weight excluding hydrogens is 352 g/mol. The van der Waals surface area contributed by atoms with Gasteiger partial charge in [-0.1, -0.05) is 24.8 Å². The van der Waals surface area contributed by atoms with Gasteiger partial charge in [-0.25, -0.2) is 0 Å². The Morgan fingerprint density at radius 3 is 2.71 bits per heavy atom. The van der Waals surface area contributed by atoms with Gasteiger partial charge in [0, 0.05) is 11.0 Å². The van der Waals surface area contributed by atoms with E-state index in [0.29, 0.717) is 40.6 Å². The van der Waals surface area contributed by atoms with Crippen LogP contribution in [0, 0.1) is 11.3 Å². The van der Waals surface area contributed by atoms with Gasteiger partial charge >= 0.3 is 0 Å². The van der Waals surface area contributed by atoms with Crippen LogP contribution in [0.15, 0.2) is 77.4 Å². The molecule has 0 N–H and O–H groups in total. The Morgan fingerprint density at radius 1 is 1.25 bits per heavy atom. The molecule has 0 atom stereocenters. The third-order valence-corrected chi connectivity index (χ3v) is 4.12. The summed E-state index contributed by atoms with van der Waals surface area (Å²) in [5.74, 6) is 2.02. The molecule has 5 nitrogen and oxygen atoms in total. The molecule has 0 saturated carbocycles. The van der Waals surface area contributed by atoms with Crippen molar-refractivity contribution in [2.24, 2.45) is 0 Å². The van der Waals surface area contributed by atoms with Crippen LogP contribution in [0.1, 0.15) is 18.4 Å². The highest BCUT2D eigenvalue weighted by Crippen LogP contribution is 2.30. The van der Waals surface area contributed by atoms with Crippen molar-refractivity contribution in [2.75, 3.05) is 7.11 Å². The number of ether oxygens (including phenoxy) is 2. The number of methoxy groups -OCH3 is 1. The van der Waals surface area contributed by atoms with E-state index in [-0.39, 0.29) is 0 Å². The smallest absolute Gasteiger partial charge is 0.137 e. The van der Waals surface area contributed by atoms with Crippen molar-refractivity contribution in [3.05, 3.63) is 84.4 Å². The minimum absolute atomic E-state index is 0.346. The highest BCUT2D eigenvalue weighted by molar-refractivity contribution is 5.87. The topological polar surface area (TPSA) is 68.3 Å². The third-order valence-electron chi connectivity index (χ3n) is 4.12. The largest absolute Gasteiger partial charge is 0.495 e. The first kappa shape index (κ1) is 19.0. The summed E-state index contributed by atoms with van der Waals surface area (Å²) in [6.07, 6.45) is 6.88. The quantitative estimate of drug-likeness (QED) is 0.407. The normalized spacial score (nSPS) is 11.9. The molecule has 28 heavy (non-hydrogen) atoms. The van der Waals surface area contributed by atoms with E-state index in [4.69, 9.17) is 13.9 Å². The highest BCUT2D eigenvalue weighted by Gasteiger charge is 2.11. The van der Waals surface area contributed by atoms with Gasteiger partial charge in [0.25, 0.3) is 0 Å². The summed E-state index contributed by atoms with van der Waals surface area (Å²) >= 11 is 0. The van der Waals surface area contributed by atoms with E-state index >= 15 is 0 Å². The number of hydrogen-bond donors (Lipinski definition) is 0. The van der Waals surface area contributed by atoms with Gasteiger partial charge in [-0.2, -0.15) is 5.26 Å². The van der Waals surface area contributed by atoms with Crippen LogP contribution in [0.25, 0.3) is 16.5 Å². The molecule has 2 heterocycles. The summed E-state index contributed by atoms with van der Waals surface area (Å²) in [5, 5.41) is 10.2. The third kappa shape index (κ3) is 4.13. The Morgan fingerprint density at radius 2 is 2.07 bits per heavy atom. The number of allylic oxidation sites excluding steroid dienone is 5. The second kappa shape index (κ2) is 8.74. The predicted octanol–water partition coefficient (Wildman–Crippen LogP) is 5.45. The Kier molecular flexibility index (Phi) is 5.93. The number of nitriles is 1. The van der Waals surface area contributed by atoms with Crippen LogP contribution in [0.3, 0.4) is 0 Å². The van der Waals surface area contributed by atoms with Crippen molar-refractivity contribution >= 4 is 16.5 Å². The van der Waals surface area contributed by atoms with Gasteiger partial charge in [-0.3, -0.25) is 4.98 Å². The summed E-state index contributed by atoms with van der Waals surface area (Å²) < 4.78 is 16.9. The zero-order valence-electron chi connectivity index (χ0n) is 15.8. The monoisotopic (exact) mass is 372 g/mol. The zero-order chi connectivity index (χ0) is 19.9. The van der Waals surface area contributed by atoms with Crippen molar-refractivity contribution in [3.8, 4) is 17.6 Å². The molecule has 0 aliphatic heterocycles. The van der Waals surface area contributed by atoms with Gasteiger partial charge in [-0.15, -0.1) is 0 Å². The van der Waals surface area contributed by atoms with Crippen LogP contribution in [-0.2, 0) is 6.61 Å². The van der Waals surface area contributed by atoms with Crippen molar-refractivity contribution in [1.29, 1.82) is 5.26 Å². The van der Waals surface area contributed by atoms with Gasteiger partial charge < -0.3 is 13.9 Å². The van der Waals surface area contributed by atoms with Gasteiger partial charge in [0.05, 0.1) is 30.6 Å². The maximum atomic E-state index is 9.33. The Bertz CT molecular complexity index is 1080. The average Bonchev–Trinajstić information content (AvgIpc) is 3.16. The fourth-order valence-electron chi connectivity index (χ4n) is 2.71. The first-order valence-corrected chi connectivity index (χ1v) is 8.73. The zero-order valence-corrected chi connectivity index (χ0v) is 15.8. The minimum atomic E-state index is 0.346. The summed E-state index contributed by atoms with van der Waals surface area (Å²) in [7, 11) is 1.60. The molecule has 3 rings (SSSR count). The molecule has 0 unspecified atom stereocenters. The van der Waals surface area contributed by atoms with Crippen molar-refractivity contribution in [3.63, 3.8) is 0 Å². The fraction of sp³-hybridized carbons (Fsp3) is 0.130. The molecule has 1 aromatic carbocycles. The van der Waals surface area contributed by atoms with E-state index in [0.717, 1.165) is 11.1 Å². The number of hydrogen-bond acceptors (Lipinski definition) is 5. The molecular formula is C23H20N2O3. The first-order chi connectivity index (χ1) is 13.7. The highest BCUT2D eigenvalue weighted by atomic mass is 16.5. The van der Waals surface area contributed by atoms with Crippen LogP contribution in [0.2, 0.25) is 0 Å². The molecule has 0 amide bonds. The van der Waals surface area contributed by atoms with Crippen LogP contribution < -0.4 is 9.47 Å². The lowest BCUT2D eigenvalue weighted by molar-refractivity contribution is 0.301. The van der Waals surface area contributed by atoms with E-state index in [2.05, 4.69) is 17.6 Å². The lowest BCUT2D eigenvalue weighted by atomic mass is 10.1. The van der Waals surface area contributed by atoms with Crippen molar-refractivity contribution < 1.29 is 13.9 Å². The number of nitrogens with zero attached hydrogens (tertiary/aromatic N) is 2. The van der Waals surface area contributed by atoms with Crippen LogP contribution in [0.4, 0.5) is 0 Å². The summed E-state index contributed by atoms with van der Waals surface area (Å²) in [5.41, 5.74) is 2.67. The number of furan rings is 1. The average molecular weight is 372 g/mol. The van der Waals surface area contributed by atoms with Gasteiger partial charge in [0.1, 0.15) is 29.4 Å². The van der Waals surface area contributed by atoms with E-state index < -0.39 is 0 Å².